The lowest BCUT2D eigenvalue weighted by Crippen LogP contribution is -2.47. The lowest BCUT2D eigenvalue weighted by Gasteiger charge is -2.37. The largest absolute Gasteiger partial charge is 0.393 e. The lowest BCUT2D eigenvalue weighted by atomic mass is 10.1. The number of halogens is 1. The molecule has 1 aromatic carbocycles. The van der Waals surface area contributed by atoms with Gasteiger partial charge in [-0.05, 0) is 30.0 Å². The Morgan fingerprint density at radius 2 is 2.09 bits per heavy atom. The second-order valence-electron chi connectivity index (χ2n) is 5.79. The highest BCUT2D eigenvalue weighted by atomic mass is 35.5. The van der Waals surface area contributed by atoms with Crippen LogP contribution in [0.4, 0.5) is 5.69 Å². The smallest absolute Gasteiger partial charge is 0.0671 e. The molecule has 0 aromatic heterocycles. The normalized spacial score (nSPS) is 16.9. The predicted molar refractivity (Wildman–Crippen MR) is 94.1 cm³/mol. The Morgan fingerprint density at radius 3 is 2.74 bits per heavy atom. The second kappa shape index (κ2) is 8.99. The average molecular weight is 338 g/mol. The van der Waals surface area contributed by atoms with Crippen molar-refractivity contribution in [3.05, 3.63) is 39.2 Å². The number of benzene rings is 1. The number of aliphatic hydroxyl groups is 1. The second-order valence-corrected chi connectivity index (χ2v) is 6.17. The SMILES string of the molecule is CCc1cccc(N2CCN(CCC(O)CN=[N+]=[N-])CC2)c1Cl. The summed E-state index contributed by atoms with van der Waals surface area (Å²) < 4.78 is 0. The van der Waals surface area contributed by atoms with Crippen molar-refractivity contribution in [2.75, 3.05) is 44.2 Å². The molecule has 0 amide bonds. The summed E-state index contributed by atoms with van der Waals surface area (Å²) in [6.07, 6.45) is 1.01. The molecule has 6 nitrogen and oxygen atoms in total. The van der Waals surface area contributed by atoms with Crippen LogP contribution in [0.2, 0.25) is 5.02 Å². The zero-order valence-electron chi connectivity index (χ0n) is 13.5. The average Bonchev–Trinajstić information content (AvgIpc) is 2.59. The van der Waals surface area contributed by atoms with Crippen LogP contribution in [0.15, 0.2) is 23.3 Å². The van der Waals surface area contributed by atoms with Crippen molar-refractivity contribution in [1.29, 1.82) is 0 Å². The third-order valence-electron chi connectivity index (χ3n) is 4.29. The van der Waals surface area contributed by atoms with E-state index in [2.05, 4.69) is 44.9 Å². The van der Waals surface area contributed by atoms with Crippen molar-refractivity contribution in [3.63, 3.8) is 0 Å². The molecular weight excluding hydrogens is 314 g/mol. The van der Waals surface area contributed by atoms with Crippen LogP contribution in [0.1, 0.15) is 18.9 Å². The summed E-state index contributed by atoms with van der Waals surface area (Å²) >= 11 is 6.50. The van der Waals surface area contributed by atoms with Gasteiger partial charge in [-0.25, -0.2) is 0 Å². The summed E-state index contributed by atoms with van der Waals surface area (Å²) in [7, 11) is 0. The van der Waals surface area contributed by atoms with Gasteiger partial charge in [0.25, 0.3) is 0 Å². The molecule has 1 saturated heterocycles. The van der Waals surface area contributed by atoms with E-state index in [4.69, 9.17) is 17.1 Å². The van der Waals surface area contributed by atoms with Crippen LogP contribution in [-0.4, -0.2) is 55.4 Å². The van der Waals surface area contributed by atoms with Crippen LogP contribution in [-0.2, 0) is 6.42 Å². The number of rotatable bonds is 7. The zero-order chi connectivity index (χ0) is 16.7. The lowest BCUT2D eigenvalue weighted by molar-refractivity contribution is 0.144. The molecule has 0 spiro atoms. The van der Waals surface area contributed by atoms with Crippen LogP contribution in [0, 0.1) is 0 Å². The Balaban J connectivity index is 1.83. The van der Waals surface area contributed by atoms with Crippen molar-refractivity contribution in [1.82, 2.24) is 4.90 Å². The standard InChI is InChI=1S/C16H24ClN5O/c1-2-13-4-3-5-15(16(13)17)22-10-8-21(9-11-22)7-6-14(23)12-19-20-18/h3-5,14,23H,2,6-12H2,1H3. The fourth-order valence-corrected chi connectivity index (χ4v) is 3.23. The number of hydrogen-bond donors (Lipinski definition) is 1. The van der Waals surface area contributed by atoms with E-state index >= 15 is 0 Å². The summed E-state index contributed by atoms with van der Waals surface area (Å²) in [6, 6.07) is 6.23. The maximum Gasteiger partial charge on any atom is 0.0671 e. The number of nitrogens with zero attached hydrogens (tertiary/aromatic N) is 5. The molecule has 23 heavy (non-hydrogen) atoms. The maximum absolute atomic E-state index is 9.72. The van der Waals surface area contributed by atoms with E-state index in [9.17, 15) is 5.11 Å². The third-order valence-corrected chi connectivity index (χ3v) is 4.72. The van der Waals surface area contributed by atoms with Gasteiger partial charge >= 0.3 is 0 Å². The van der Waals surface area contributed by atoms with Crippen molar-refractivity contribution in [2.45, 2.75) is 25.9 Å². The third kappa shape index (κ3) is 5.01. The first kappa shape index (κ1) is 17.9. The predicted octanol–water partition coefficient (Wildman–Crippen LogP) is 3.09. The Labute approximate surface area is 142 Å². The van der Waals surface area contributed by atoms with Crippen LogP contribution < -0.4 is 4.90 Å². The molecule has 1 aliphatic rings. The summed E-state index contributed by atoms with van der Waals surface area (Å²) in [5.41, 5.74) is 10.6. The first-order valence-corrected chi connectivity index (χ1v) is 8.47. The van der Waals surface area contributed by atoms with Gasteiger partial charge in [0.05, 0.1) is 23.4 Å². The molecule has 2 rings (SSSR count). The van der Waals surface area contributed by atoms with Gasteiger partial charge in [-0.2, -0.15) is 0 Å². The fourth-order valence-electron chi connectivity index (χ4n) is 2.85. The van der Waals surface area contributed by atoms with Crippen molar-refractivity contribution >= 4 is 17.3 Å². The Bertz CT molecular complexity index is 553. The minimum absolute atomic E-state index is 0.149. The Kier molecular flexibility index (Phi) is 6.99. The number of hydrogen-bond acceptors (Lipinski definition) is 4. The topological polar surface area (TPSA) is 75.5 Å². The molecule has 1 aliphatic heterocycles. The maximum atomic E-state index is 9.72. The number of azide groups is 1. The Morgan fingerprint density at radius 1 is 1.35 bits per heavy atom. The van der Waals surface area contributed by atoms with Gasteiger partial charge in [-0.1, -0.05) is 35.8 Å². The minimum Gasteiger partial charge on any atom is -0.393 e. The first-order valence-electron chi connectivity index (χ1n) is 8.09. The first-order chi connectivity index (χ1) is 11.2. The fraction of sp³-hybridized carbons (Fsp3) is 0.625. The van der Waals surface area contributed by atoms with Crippen LogP contribution in [0.3, 0.4) is 0 Å². The quantitative estimate of drug-likeness (QED) is 0.472. The summed E-state index contributed by atoms with van der Waals surface area (Å²) in [5.74, 6) is 0. The molecule has 1 N–H and O–H groups in total. The van der Waals surface area contributed by atoms with Gasteiger partial charge in [-0.15, -0.1) is 0 Å². The van der Waals surface area contributed by atoms with Crippen LogP contribution >= 0.6 is 11.6 Å². The van der Waals surface area contributed by atoms with Crippen LogP contribution in [0.5, 0.6) is 0 Å². The highest BCUT2D eigenvalue weighted by Gasteiger charge is 2.20. The molecule has 1 unspecified atom stereocenters. The molecule has 0 radical (unpaired) electrons. The van der Waals surface area contributed by atoms with E-state index in [1.807, 2.05) is 0 Å². The van der Waals surface area contributed by atoms with Crippen LogP contribution in [0.25, 0.3) is 10.4 Å². The van der Waals surface area contributed by atoms with E-state index in [1.165, 1.54) is 5.56 Å². The van der Waals surface area contributed by atoms with Crippen molar-refractivity contribution in [3.8, 4) is 0 Å². The molecule has 1 aromatic rings. The molecule has 0 aliphatic carbocycles. The number of aryl methyl sites for hydroxylation is 1. The molecule has 1 fully saturated rings. The van der Waals surface area contributed by atoms with Gasteiger partial charge < -0.3 is 10.0 Å². The van der Waals surface area contributed by atoms with Gasteiger partial charge in [0.2, 0.25) is 0 Å². The highest BCUT2D eigenvalue weighted by Crippen LogP contribution is 2.30. The zero-order valence-corrected chi connectivity index (χ0v) is 14.3. The molecular formula is C16H24ClN5O. The highest BCUT2D eigenvalue weighted by molar-refractivity contribution is 6.34. The number of aliphatic hydroxyl groups excluding tert-OH is 1. The minimum atomic E-state index is -0.556. The molecule has 1 heterocycles. The molecule has 0 bridgehead atoms. The molecule has 7 heteroatoms. The van der Waals surface area contributed by atoms with Gasteiger partial charge in [0.15, 0.2) is 0 Å². The van der Waals surface area contributed by atoms with E-state index in [0.717, 1.165) is 49.9 Å². The van der Waals surface area contributed by atoms with Gasteiger partial charge in [0, 0.05) is 37.6 Å². The van der Waals surface area contributed by atoms with Gasteiger partial charge in [0.1, 0.15) is 0 Å². The molecule has 1 atom stereocenters. The monoisotopic (exact) mass is 337 g/mol. The molecule has 126 valence electrons. The summed E-state index contributed by atoms with van der Waals surface area (Å²) in [6.45, 7) is 6.83. The van der Waals surface area contributed by atoms with E-state index < -0.39 is 6.10 Å². The van der Waals surface area contributed by atoms with Crippen molar-refractivity contribution < 1.29 is 5.11 Å². The van der Waals surface area contributed by atoms with Gasteiger partial charge in [-0.3, -0.25) is 4.90 Å². The number of anilines is 1. The van der Waals surface area contributed by atoms with E-state index in [0.29, 0.717) is 6.42 Å². The van der Waals surface area contributed by atoms with E-state index in [-0.39, 0.29) is 6.54 Å². The number of piperazine rings is 1. The summed E-state index contributed by atoms with van der Waals surface area (Å²) in [4.78, 5) is 7.32. The van der Waals surface area contributed by atoms with Crippen molar-refractivity contribution in [2.24, 2.45) is 5.11 Å². The Hall–Kier alpha value is -1.46. The molecule has 0 saturated carbocycles. The summed E-state index contributed by atoms with van der Waals surface area (Å²) in [5, 5.41) is 14.0. The van der Waals surface area contributed by atoms with E-state index in [1.54, 1.807) is 0 Å².